The first-order valence-electron chi connectivity index (χ1n) is 6.79. The Labute approximate surface area is 146 Å². The number of nitriles is 1. The summed E-state index contributed by atoms with van der Waals surface area (Å²) in [7, 11) is 1.28. The van der Waals surface area contributed by atoms with E-state index >= 15 is 0 Å². The second-order valence-corrected chi connectivity index (χ2v) is 6.40. The van der Waals surface area contributed by atoms with Gasteiger partial charge in [-0.15, -0.1) is 0 Å². The number of nitrogens with one attached hydrogen (secondary N) is 1. The molecule has 24 heavy (non-hydrogen) atoms. The number of methoxy groups -OCH3 is 1. The van der Waals surface area contributed by atoms with E-state index in [1.165, 1.54) is 7.11 Å². The van der Waals surface area contributed by atoms with Gasteiger partial charge in [0, 0.05) is 10.6 Å². The number of rotatable bonds is 2. The number of esters is 1. The van der Waals surface area contributed by atoms with Gasteiger partial charge >= 0.3 is 5.97 Å². The van der Waals surface area contributed by atoms with Gasteiger partial charge in [0.15, 0.2) is 4.83 Å². The Bertz CT molecular complexity index is 1010. The maximum Gasteiger partial charge on any atom is 0.350 e. The van der Waals surface area contributed by atoms with E-state index in [-0.39, 0.29) is 21.9 Å². The van der Waals surface area contributed by atoms with Gasteiger partial charge in [0.25, 0.3) is 5.82 Å². The molecule has 0 fully saturated rings. The van der Waals surface area contributed by atoms with Crippen molar-refractivity contribution < 1.29 is 14.5 Å². The quantitative estimate of drug-likeness (QED) is 0.682. The molecule has 2 aromatic heterocycles. The summed E-state index contributed by atoms with van der Waals surface area (Å²) in [4.78, 5) is 15.7. The van der Waals surface area contributed by atoms with Crippen molar-refractivity contribution >= 4 is 50.6 Å². The number of nitrogens with two attached hydrogens (primary N) is 2. The molecule has 3 aromatic rings. The zero-order valence-electron chi connectivity index (χ0n) is 12.5. The Balaban J connectivity index is 2.44. The van der Waals surface area contributed by atoms with Crippen molar-refractivity contribution in [2.75, 3.05) is 18.6 Å². The third-order valence-electron chi connectivity index (χ3n) is 3.58. The Morgan fingerprint density at radius 2 is 2.00 bits per heavy atom. The van der Waals surface area contributed by atoms with Gasteiger partial charge in [0.1, 0.15) is 16.5 Å². The molecule has 0 aliphatic rings. The third kappa shape index (κ3) is 2.42. The minimum atomic E-state index is -0.541. The van der Waals surface area contributed by atoms with Crippen molar-refractivity contribution in [3.8, 4) is 17.2 Å². The molecule has 0 radical (unpaired) electrons. The smallest absolute Gasteiger partial charge is 0.350 e. The van der Waals surface area contributed by atoms with E-state index in [0.29, 0.717) is 20.8 Å². The minimum absolute atomic E-state index is 0.201. The van der Waals surface area contributed by atoms with E-state index in [1.807, 2.05) is 0 Å². The lowest BCUT2D eigenvalue weighted by Crippen LogP contribution is -2.13. The number of nitrogen functional groups attached to an aromatic ring is 2. The van der Waals surface area contributed by atoms with Crippen molar-refractivity contribution in [1.82, 2.24) is 0 Å². The van der Waals surface area contributed by atoms with Gasteiger partial charge in [-0.05, 0) is 17.7 Å². The molecule has 1 aromatic carbocycles. The van der Waals surface area contributed by atoms with Crippen LogP contribution >= 0.6 is 22.9 Å². The molecular weight excluding hydrogens is 348 g/mol. The molecule has 0 saturated carbocycles. The summed E-state index contributed by atoms with van der Waals surface area (Å²) in [6.45, 7) is 0. The average molecular weight is 360 g/mol. The summed E-state index contributed by atoms with van der Waals surface area (Å²) in [5.41, 5.74) is 13.9. The SMILES string of the molecule is COC(=O)c1sc2[nH+]c(N)c(C#N)c(-c3ccc(Cl)cc3)c2c1N. The Kier molecular flexibility index (Phi) is 4.01. The number of pyridine rings is 1. The predicted molar refractivity (Wildman–Crippen MR) is 93.7 cm³/mol. The highest BCUT2D eigenvalue weighted by Gasteiger charge is 2.26. The van der Waals surface area contributed by atoms with E-state index < -0.39 is 5.97 Å². The number of hydrogen-bond acceptors (Lipinski definition) is 6. The number of fused-ring (bicyclic) bond motifs is 1. The molecule has 0 amide bonds. The maximum absolute atomic E-state index is 11.9. The predicted octanol–water partition coefficient (Wildman–Crippen LogP) is 2.86. The molecule has 0 atom stereocenters. The molecule has 8 heteroatoms. The minimum Gasteiger partial charge on any atom is -0.465 e. The van der Waals surface area contributed by atoms with Gasteiger partial charge < -0.3 is 10.5 Å². The number of benzene rings is 1. The fourth-order valence-corrected chi connectivity index (χ4v) is 3.67. The number of H-pyrrole nitrogens is 1. The number of aromatic nitrogens is 1. The first-order chi connectivity index (χ1) is 11.5. The number of ether oxygens (including phenoxy) is 1. The van der Waals surface area contributed by atoms with Gasteiger partial charge in [-0.25, -0.2) is 9.78 Å². The second-order valence-electron chi connectivity index (χ2n) is 4.95. The monoisotopic (exact) mass is 359 g/mol. The first kappa shape index (κ1) is 16.1. The Morgan fingerprint density at radius 3 is 2.58 bits per heavy atom. The van der Waals surface area contributed by atoms with Crippen LogP contribution in [0.4, 0.5) is 11.5 Å². The van der Waals surface area contributed by atoms with E-state index in [1.54, 1.807) is 24.3 Å². The van der Waals surface area contributed by atoms with Crippen LogP contribution in [-0.4, -0.2) is 13.1 Å². The van der Waals surface area contributed by atoms with Crippen molar-refractivity contribution in [1.29, 1.82) is 5.26 Å². The van der Waals surface area contributed by atoms with Crippen LogP contribution < -0.4 is 16.5 Å². The van der Waals surface area contributed by atoms with Crippen molar-refractivity contribution in [3.63, 3.8) is 0 Å². The summed E-state index contributed by atoms with van der Waals surface area (Å²) in [5, 5.41) is 10.7. The highest BCUT2D eigenvalue weighted by atomic mass is 35.5. The van der Waals surface area contributed by atoms with Crippen LogP contribution in [0.5, 0.6) is 0 Å². The molecule has 2 heterocycles. The fraction of sp³-hybridized carbons (Fsp3) is 0.0625. The standard InChI is InChI=1S/C16H11ClN4O2S/c1-23-16(22)13-12(19)11-10(7-2-4-8(17)5-3-7)9(6-18)14(20)21-15(11)24-13/h2-5H,19H2,1H3,(H2,20,21)/p+1. The number of nitrogens with zero attached hydrogens (tertiary/aromatic N) is 1. The van der Waals surface area contributed by atoms with Gasteiger partial charge in [0.2, 0.25) is 0 Å². The summed E-state index contributed by atoms with van der Waals surface area (Å²) in [5.74, 6) is -0.339. The number of aromatic amines is 1. The molecule has 0 bridgehead atoms. The van der Waals surface area contributed by atoms with Crippen LogP contribution in [0.25, 0.3) is 21.3 Å². The zero-order chi connectivity index (χ0) is 17.4. The van der Waals surface area contributed by atoms with E-state index in [2.05, 4.69) is 11.1 Å². The normalized spacial score (nSPS) is 10.5. The number of halogens is 1. The molecule has 6 nitrogen and oxygen atoms in total. The van der Waals surface area contributed by atoms with E-state index in [4.69, 9.17) is 27.8 Å². The largest absolute Gasteiger partial charge is 0.465 e. The zero-order valence-corrected chi connectivity index (χ0v) is 14.1. The number of anilines is 2. The lowest BCUT2D eigenvalue weighted by Gasteiger charge is -2.07. The molecule has 120 valence electrons. The molecular formula is C16H12ClN4O2S+. The lowest BCUT2D eigenvalue weighted by molar-refractivity contribution is -0.323. The molecule has 0 aliphatic heterocycles. The second kappa shape index (κ2) is 6.00. The van der Waals surface area contributed by atoms with Crippen LogP contribution in [-0.2, 0) is 4.74 Å². The highest BCUT2D eigenvalue weighted by Crippen LogP contribution is 2.41. The molecule has 0 aliphatic carbocycles. The van der Waals surface area contributed by atoms with Crippen LogP contribution in [0.2, 0.25) is 5.02 Å². The lowest BCUT2D eigenvalue weighted by atomic mass is 9.97. The summed E-state index contributed by atoms with van der Waals surface area (Å²) >= 11 is 7.07. The van der Waals surface area contributed by atoms with Crippen LogP contribution in [0.1, 0.15) is 15.2 Å². The summed E-state index contributed by atoms with van der Waals surface area (Å²) in [6, 6.07) is 9.05. The van der Waals surface area contributed by atoms with E-state index in [9.17, 15) is 10.1 Å². The molecule has 3 rings (SSSR count). The Morgan fingerprint density at radius 1 is 1.33 bits per heavy atom. The van der Waals surface area contributed by atoms with Crippen molar-refractivity contribution in [3.05, 3.63) is 39.7 Å². The molecule has 5 N–H and O–H groups in total. The Hall–Kier alpha value is -2.82. The van der Waals surface area contributed by atoms with Crippen LogP contribution in [0, 0.1) is 11.3 Å². The topological polar surface area (TPSA) is 116 Å². The average Bonchev–Trinajstić information content (AvgIpc) is 2.90. The first-order valence-corrected chi connectivity index (χ1v) is 7.98. The number of hydrogen-bond donors (Lipinski definition) is 2. The van der Waals surface area contributed by atoms with Gasteiger partial charge in [-0.2, -0.15) is 5.26 Å². The maximum atomic E-state index is 11.9. The summed E-state index contributed by atoms with van der Waals surface area (Å²) < 4.78 is 4.76. The molecule has 0 unspecified atom stereocenters. The van der Waals surface area contributed by atoms with Gasteiger partial charge in [0.05, 0.1) is 18.2 Å². The van der Waals surface area contributed by atoms with E-state index in [0.717, 1.165) is 16.9 Å². The summed E-state index contributed by atoms with van der Waals surface area (Å²) in [6.07, 6.45) is 0. The van der Waals surface area contributed by atoms with Crippen LogP contribution in [0.15, 0.2) is 24.3 Å². The number of thiophene rings is 1. The van der Waals surface area contributed by atoms with Crippen LogP contribution in [0.3, 0.4) is 0 Å². The van der Waals surface area contributed by atoms with Crippen molar-refractivity contribution in [2.45, 2.75) is 0 Å². The van der Waals surface area contributed by atoms with Gasteiger partial charge in [-0.3, -0.25) is 5.73 Å². The van der Waals surface area contributed by atoms with Gasteiger partial charge in [-0.1, -0.05) is 35.1 Å². The molecule has 0 saturated heterocycles. The number of carbonyl (C=O) groups is 1. The number of carbonyl (C=O) groups excluding carboxylic acids is 1. The molecule has 0 spiro atoms. The van der Waals surface area contributed by atoms with Crippen molar-refractivity contribution in [2.24, 2.45) is 0 Å². The highest BCUT2D eigenvalue weighted by molar-refractivity contribution is 7.20. The fourth-order valence-electron chi connectivity index (χ4n) is 2.49. The third-order valence-corrected chi connectivity index (χ3v) is 4.93.